The molecular weight excluding hydrogens is 328 g/mol. The number of anilines is 2. The fourth-order valence-corrected chi connectivity index (χ4v) is 2.91. The number of benzene rings is 1. The average Bonchev–Trinajstić information content (AvgIpc) is 3.28. The maximum absolute atomic E-state index is 12.1. The molecular formula is C17H20N2O6. The molecule has 8 nitrogen and oxygen atoms in total. The molecule has 0 aliphatic carbocycles. The second-order valence-corrected chi connectivity index (χ2v) is 6.09. The lowest BCUT2D eigenvalue weighted by molar-refractivity contribution is -0.125. The van der Waals surface area contributed by atoms with Gasteiger partial charge >= 0.3 is 5.97 Å². The third kappa shape index (κ3) is 4.34. The summed E-state index contributed by atoms with van der Waals surface area (Å²) >= 11 is 0. The standard InChI is InChI=1S/C17H20N2O6/c20-15(13-3-1-5-24-13)18-11-7-10(17(22)23)8-12(9-11)19-16(21)14-4-2-6-25-14/h7-9,13-14H,1-6H2,(H,18,20)(H,19,21)(H,22,23)/t13-,14-/m1/s1. The first kappa shape index (κ1) is 17.4. The monoisotopic (exact) mass is 348 g/mol. The topological polar surface area (TPSA) is 114 Å². The van der Waals surface area contributed by atoms with Crippen molar-refractivity contribution in [3.63, 3.8) is 0 Å². The van der Waals surface area contributed by atoms with E-state index in [0.717, 1.165) is 12.8 Å². The summed E-state index contributed by atoms with van der Waals surface area (Å²) in [6, 6.07) is 4.21. The molecule has 25 heavy (non-hydrogen) atoms. The molecule has 134 valence electrons. The van der Waals surface area contributed by atoms with Crippen LogP contribution in [0.3, 0.4) is 0 Å². The van der Waals surface area contributed by atoms with Crippen molar-refractivity contribution in [3.05, 3.63) is 23.8 Å². The number of carbonyl (C=O) groups is 3. The van der Waals surface area contributed by atoms with Crippen LogP contribution in [0.4, 0.5) is 11.4 Å². The SMILES string of the molecule is O=C(O)c1cc(NC(=O)[C@H]2CCCO2)cc(NC(=O)[C@H]2CCCO2)c1. The van der Waals surface area contributed by atoms with Gasteiger partial charge < -0.3 is 25.2 Å². The van der Waals surface area contributed by atoms with Crippen molar-refractivity contribution in [3.8, 4) is 0 Å². The highest BCUT2D eigenvalue weighted by molar-refractivity contribution is 6.00. The van der Waals surface area contributed by atoms with E-state index in [1.165, 1.54) is 18.2 Å². The van der Waals surface area contributed by atoms with Gasteiger partial charge in [0.2, 0.25) is 0 Å². The molecule has 0 spiro atoms. The summed E-state index contributed by atoms with van der Waals surface area (Å²) in [5, 5.41) is 14.6. The Kier molecular flexibility index (Phi) is 5.30. The Bertz CT molecular complexity index is 629. The van der Waals surface area contributed by atoms with E-state index >= 15 is 0 Å². The van der Waals surface area contributed by atoms with E-state index in [2.05, 4.69) is 10.6 Å². The molecule has 0 aromatic heterocycles. The maximum atomic E-state index is 12.1. The highest BCUT2D eigenvalue weighted by Crippen LogP contribution is 2.22. The summed E-state index contributed by atoms with van der Waals surface area (Å²) in [5.41, 5.74) is 0.555. The molecule has 0 saturated carbocycles. The number of carboxylic acid groups (broad SMARTS) is 1. The normalized spacial score (nSPS) is 22.6. The van der Waals surface area contributed by atoms with Gasteiger partial charge in [0.05, 0.1) is 5.56 Å². The van der Waals surface area contributed by atoms with E-state index in [1.807, 2.05) is 0 Å². The highest BCUT2D eigenvalue weighted by atomic mass is 16.5. The summed E-state index contributed by atoms with van der Waals surface area (Å²) in [4.78, 5) is 35.6. The summed E-state index contributed by atoms with van der Waals surface area (Å²) in [7, 11) is 0. The molecule has 0 radical (unpaired) electrons. The van der Waals surface area contributed by atoms with Gasteiger partial charge in [0, 0.05) is 24.6 Å². The zero-order valence-electron chi connectivity index (χ0n) is 13.6. The lowest BCUT2D eigenvalue weighted by Crippen LogP contribution is -2.28. The van der Waals surface area contributed by atoms with Crippen molar-refractivity contribution in [1.82, 2.24) is 0 Å². The number of hydrogen-bond donors (Lipinski definition) is 3. The summed E-state index contributed by atoms with van der Waals surface area (Å²) in [6.45, 7) is 1.08. The Morgan fingerprint density at radius 3 is 1.72 bits per heavy atom. The van der Waals surface area contributed by atoms with Gasteiger partial charge in [-0.15, -0.1) is 0 Å². The first-order valence-corrected chi connectivity index (χ1v) is 8.26. The molecule has 0 bridgehead atoms. The Morgan fingerprint density at radius 2 is 1.36 bits per heavy atom. The number of aromatic carboxylic acids is 1. The zero-order valence-corrected chi connectivity index (χ0v) is 13.6. The molecule has 1 aromatic carbocycles. The first-order chi connectivity index (χ1) is 12.0. The number of rotatable bonds is 5. The van der Waals surface area contributed by atoms with E-state index in [0.29, 0.717) is 37.4 Å². The van der Waals surface area contributed by atoms with E-state index in [4.69, 9.17) is 9.47 Å². The fraction of sp³-hybridized carbons (Fsp3) is 0.471. The molecule has 2 heterocycles. The summed E-state index contributed by atoms with van der Waals surface area (Å²) in [5.74, 6) is -1.80. The minimum absolute atomic E-state index is 0.0345. The van der Waals surface area contributed by atoms with Crippen LogP contribution in [0.5, 0.6) is 0 Å². The lowest BCUT2D eigenvalue weighted by Gasteiger charge is -2.14. The van der Waals surface area contributed by atoms with E-state index < -0.39 is 18.2 Å². The maximum Gasteiger partial charge on any atom is 0.335 e. The number of ether oxygens (including phenoxy) is 2. The number of hydrogen-bond acceptors (Lipinski definition) is 5. The predicted molar refractivity (Wildman–Crippen MR) is 88.6 cm³/mol. The molecule has 1 aromatic rings. The molecule has 3 rings (SSSR count). The Hall–Kier alpha value is -2.45. The number of carboxylic acids is 1. The van der Waals surface area contributed by atoms with Gasteiger partial charge in [-0.05, 0) is 43.9 Å². The van der Waals surface area contributed by atoms with Crippen LogP contribution in [0, 0.1) is 0 Å². The highest BCUT2D eigenvalue weighted by Gasteiger charge is 2.25. The Labute approximate surface area is 144 Å². The van der Waals surface area contributed by atoms with Crippen molar-refractivity contribution in [1.29, 1.82) is 0 Å². The van der Waals surface area contributed by atoms with Gasteiger partial charge in [-0.2, -0.15) is 0 Å². The molecule has 2 amide bonds. The van der Waals surface area contributed by atoms with Crippen molar-refractivity contribution in [2.45, 2.75) is 37.9 Å². The van der Waals surface area contributed by atoms with Crippen LogP contribution < -0.4 is 10.6 Å². The molecule has 3 N–H and O–H groups in total. The van der Waals surface area contributed by atoms with Crippen LogP contribution in [0.2, 0.25) is 0 Å². The summed E-state index contributed by atoms with van der Waals surface area (Å²) in [6.07, 6.45) is 1.84. The Balaban J connectivity index is 1.75. The molecule has 2 saturated heterocycles. The van der Waals surface area contributed by atoms with Crippen LogP contribution in [-0.2, 0) is 19.1 Å². The number of carbonyl (C=O) groups excluding carboxylic acids is 2. The van der Waals surface area contributed by atoms with Gasteiger partial charge in [0.1, 0.15) is 12.2 Å². The third-order valence-electron chi connectivity index (χ3n) is 4.16. The van der Waals surface area contributed by atoms with Crippen LogP contribution in [0.25, 0.3) is 0 Å². The van der Waals surface area contributed by atoms with Crippen LogP contribution in [0.1, 0.15) is 36.0 Å². The second kappa shape index (κ2) is 7.62. The minimum atomic E-state index is -1.15. The van der Waals surface area contributed by atoms with Crippen molar-refractivity contribution in [2.24, 2.45) is 0 Å². The number of nitrogens with one attached hydrogen (secondary N) is 2. The molecule has 2 fully saturated rings. The van der Waals surface area contributed by atoms with Crippen LogP contribution >= 0.6 is 0 Å². The molecule has 0 unspecified atom stereocenters. The van der Waals surface area contributed by atoms with E-state index in [9.17, 15) is 19.5 Å². The largest absolute Gasteiger partial charge is 0.478 e. The second-order valence-electron chi connectivity index (χ2n) is 6.09. The van der Waals surface area contributed by atoms with Crippen molar-refractivity contribution >= 4 is 29.2 Å². The average molecular weight is 348 g/mol. The predicted octanol–water partition coefficient (Wildman–Crippen LogP) is 1.62. The molecule has 2 aliphatic rings. The van der Waals surface area contributed by atoms with E-state index in [-0.39, 0.29) is 17.4 Å². The minimum Gasteiger partial charge on any atom is -0.478 e. The molecule has 2 aliphatic heterocycles. The lowest BCUT2D eigenvalue weighted by atomic mass is 10.1. The number of amides is 2. The molecule has 2 atom stereocenters. The summed E-state index contributed by atoms with van der Waals surface area (Å²) < 4.78 is 10.6. The quantitative estimate of drug-likeness (QED) is 0.745. The van der Waals surface area contributed by atoms with Crippen molar-refractivity contribution in [2.75, 3.05) is 23.8 Å². The zero-order chi connectivity index (χ0) is 17.8. The van der Waals surface area contributed by atoms with Gasteiger partial charge in [-0.25, -0.2) is 4.79 Å². The van der Waals surface area contributed by atoms with Gasteiger partial charge in [0.25, 0.3) is 11.8 Å². The smallest absolute Gasteiger partial charge is 0.335 e. The van der Waals surface area contributed by atoms with Crippen molar-refractivity contribution < 1.29 is 29.0 Å². The first-order valence-electron chi connectivity index (χ1n) is 8.26. The van der Waals surface area contributed by atoms with E-state index in [1.54, 1.807) is 0 Å². The van der Waals surface area contributed by atoms with Gasteiger partial charge in [-0.1, -0.05) is 0 Å². The Morgan fingerprint density at radius 1 is 0.880 bits per heavy atom. The van der Waals surface area contributed by atoms with Gasteiger partial charge in [-0.3, -0.25) is 9.59 Å². The third-order valence-corrected chi connectivity index (χ3v) is 4.16. The van der Waals surface area contributed by atoms with Gasteiger partial charge in [0.15, 0.2) is 0 Å². The van der Waals surface area contributed by atoms with Crippen LogP contribution in [0.15, 0.2) is 18.2 Å². The fourth-order valence-electron chi connectivity index (χ4n) is 2.91. The molecule has 8 heteroatoms. The van der Waals surface area contributed by atoms with Crippen LogP contribution in [-0.4, -0.2) is 48.3 Å².